The van der Waals surface area contributed by atoms with Crippen LogP contribution in [0.5, 0.6) is 11.5 Å². The lowest BCUT2D eigenvalue weighted by molar-refractivity contribution is 0.174. The van der Waals surface area contributed by atoms with E-state index in [4.69, 9.17) is 21.1 Å². The molecular formula is C13H13ClN2O2S. The Balaban J connectivity index is 1.63. The fourth-order valence-electron chi connectivity index (χ4n) is 1.92. The molecule has 0 radical (unpaired) electrons. The average molecular weight is 297 g/mol. The lowest BCUT2D eigenvalue weighted by Gasteiger charge is -2.06. The van der Waals surface area contributed by atoms with Crippen LogP contribution in [0.1, 0.15) is 16.3 Å². The molecule has 0 saturated heterocycles. The number of ether oxygens (including phenoxy) is 2. The zero-order chi connectivity index (χ0) is 13.2. The molecule has 0 amide bonds. The fourth-order valence-corrected chi connectivity index (χ4v) is 2.95. The van der Waals surface area contributed by atoms with E-state index in [0.29, 0.717) is 10.8 Å². The number of rotatable bonds is 4. The zero-order valence-electron chi connectivity index (χ0n) is 10.4. The summed E-state index contributed by atoms with van der Waals surface area (Å²) in [5.74, 6) is 1.36. The summed E-state index contributed by atoms with van der Waals surface area (Å²) in [6.45, 7) is 3.71. The highest BCUT2D eigenvalue weighted by Gasteiger charge is 2.18. The summed E-state index contributed by atoms with van der Waals surface area (Å²) in [5, 5.41) is 7.07. The predicted molar refractivity (Wildman–Crippen MR) is 75.0 cm³/mol. The van der Waals surface area contributed by atoms with Crippen LogP contribution in [0, 0.1) is 6.92 Å². The Morgan fingerprint density at radius 1 is 1.37 bits per heavy atom. The van der Waals surface area contributed by atoms with Crippen molar-refractivity contribution in [3.05, 3.63) is 38.8 Å². The van der Waals surface area contributed by atoms with Crippen molar-refractivity contribution in [2.75, 3.05) is 6.79 Å². The third-order valence-corrected chi connectivity index (χ3v) is 4.01. The van der Waals surface area contributed by atoms with Crippen molar-refractivity contribution in [2.24, 2.45) is 0 Å². The Morgan fingerprint density at radius 3 is 3.05 bits per heavy atom. The molecule has 2 heterocycles. The third-order valence-electron chi connectivity index (χ3n) is 2.76. The van der Waals surface area contributed by atoms with Gasteiger partial charge in [0.1, 0.15) is 5.01 Å². The predicted octanol–water partition coefficient (Wildman–Crippen LogP) is 3.12. The van der Waals surface area contributed by atoms with Gasteiger partial charge in [-0.3, -0.25) is 0 Å². The van der Waals surface area contributed by atoms with E-state index in [1.165, 1.54) is 0 Å². The fraction of sp³-hybridized carbons (Fsp3) is 0.308. The van der Waals surface area contributed by atoms with Crippen molar-refractivity contribution < 1.29 is 9.47 Å². The molecule has 2 aromatic rings. The van der Waals surface area contributed by atoms with Crippen LogP contribution >= 0.6 is 22.9 Å². The summed E-state index contributed by atoms with van der Waals surface area (Å²) in [4.78, 5) is 4.40. The Morgan fingerprint density at radius 2 is 2.26 bits per heavy atom. The van der Waals surface area contributed by atoms with E-state index >= 15 is 0 Å². The number of aryl methyl sites for hydroxylation is 1. The minimum Gasteiger partial charge on any atom is -0.454 e. The number of hydrogen-bond acceptors (Lipinski definition) is 5. The molecule has 6 heteroatoms. The van der Waals surface area contributed by atoms with E-state index in [1.807, 2.05) is 19.1 Å². The molecule has 0 saturated carbocycles. The molecule has 1 N–H and O–H groups in total. The highest BCUT2D eigenvalue weighted by molar-refractivity contribution is 7.09. The van der Waals surface area contributed by atoms with E-state index in [9.17, 15) is 0 Å². The van der Waals surface area contributed by atoms with Crippen molar-refractivity contribution in [3.8, 4) is 11.5 Å². The average Bonchev–Trinajstić information content (AvgIpc) is 2.98. The molecule has 0 unspecified atom stereocenters. The van der Waals surface area contributed by atoms with Crippen LogP contribution in [-0.4, -0.2) is 11.8 Å². The maximum Gasteiger partial charge on any atom is 0.231 e. The molecule has 1 aromatic heterocycles. The monoisotopic (exact) mass is 296 g/mol. The summed E-state index contributed by atoms with van der Waals surface area (Å²) in [7, 11) is 0. The van der Waals surface area contributed by atoms with E-state index in [2.05, 4.69) is 15.7 Å². The number of nitrogens with zero attached hydrogens (tertiary/aromatic N) is 1. The van der Waals surface area contributed by atoms with Gasteiger partial charge in [-0.05, 0) is 24.6 Å². The van der Waals surface area contributed by atoms with Gasteiger partial charge in [0.15, 0.2) is 11.5 Å². The number of halogens is 1. The van der Waals surface area contributed by atoms with E-state index < -0.39 is 0 Å². The minimum absolute atomic E-state index is 0.240. The number of aromatic nitrogens is 1. The van der Waals surface area contributed by atoms with Crippen molar-refractivity contribution in [2.45, 2.75) is 20.0 Å². The molecule has 1 aliphatic rings. The van der Waals surface area contributed by atoms with Crippen molar-refractivity contribution in [1.29, 1.82) is 0 Å². The van der Waals surface area contributed by atoms with E-state index in [1.54, 1.807) is 11.3 Å². The first-order valence-corrected chi connectivity index (χ1v) is 7.18. The van der Waals surface area contributed by atoms with Crippen molar-refractivity contribution >= 4 is 22.9 Å². The molecule has 100 valence electrons. The van der Waals surface area contributed by atoms with Gasteiger partial charge in [0.25, 0.3) is 0 Å². The molecular weight excluding hydrogens is 284 g/mol. The Kier molecular flexibility index (Phi) is 3.59. The van der Waals surface area contributed by atoms with Crippen LogP contribution in [-0.2, 0) is 13.1 Å². The molecule has 3 rings (SSSR count). The van der Waals surface area contributed by atoms with Crippen LogP contribution in [0.2, 0.25) is 5.02 Å². The molecule has 1 aromatic carbocycles. The first-order chi connectivity index (χ1) is 9.22. The zero-order valence-corrected chi connectivity index (χ0v) is 12.0. The van der Waals surface area contributed by atoms with Gasteiger partial charge in [0, 0.05) is 24.2 Å². The Hall–Kier alpha value is -1.30. The first-order valence-electron chi connectivity index (χ1n) is 5.92. The van der Waals surface area contributed by atoms with Crippen LogP contribution in [0.3, 0.4) is 0 Å². The summed E-state index contributed by atoms with van der Waals surface area (Å²) in [6.07, 6.45) is 0. The third kappa shape index (κ3) is 2.83. The van der Waals surface area contributed by atoms with Crippen LogP contribution in [0.25, 0.3) is 0 Å². The summed E-state index contributed by atoms with van der Waals surface area (Å²) >= 11 is 7.79. The number of thiazole rings is 1. The molecule has 0 fully saturated rings. The lowest BCUT2D eigenvalue weighted by atomic mass is 10.2. The highest BCUT2D eigenvalue weighted by Crippen LogP contribution is 2.39. The van der Waals surface area contributed by atoms with Gasteiger partial charge in [0.2, 0.25) is 6.79 Å². The second kappa shape index (κ2) is 5.36. The Labute approximate surface area is 120 Å². The van der Waals surface area contributed by atoms with Gasteiger partial charge in [-0.15, -0.1) is 11.3 Å². The molecule has 0 atom stereocenters. The molecule has 0 bridgehead atoms. The van der Waals surface area contributed by atoms with Crippen molar-refractivity contribution in [1.82, 2.24) is 10.3 Å². The summed E-state index contributed by atoms with van der Waals surface area (Å²) in [6, 6.07) is 3.85. The molecule has 4 nitrogen and oxygen atoms in total. The second-order valence-corrected chi connectivity index (χ2v) is 5.65. The van der Waals surface area contributed by atoms with Gasteiger partial charge in [-0.1, -0.05) is 11.6 Å². The standard InChI is InChI=1S/C13H13ClN2O2S/c1-8-6-19-12(16-8)5-15-4-9-2-10(14)13-11(3-9)17-7-18-13/h2-3,6,15H,4-5,7H2,1H3. The summed E-state index contributed by atoms with van der Waals surface area (Å²) < 4.78 is 10.6. The van der Waals surface area contributed by atoms with Gasteiger partial charge in [-0.2, -0.15) is 0 Å². The minimum atomic E-state index is 0.240. The first kappa shape index (κ1) is 12.7. The maximum atomic E-state index is 6.13. The topological polar surface area (TPSA) is 43.4 Å². The van der Waals surface area contributed by atoms with Crippen molar-refractivity contribution in [3.63, 3.8) is 0 Å². The normalized spacial score (nSPS) is 12.9. The van der Waals surface area contributed by atoms with Crippen LogP contribution in [0.4, 0.5) is 0 Å². The Bertz CT molecular complexity index is 600. The van der Waals surface area contributed by atoms with Gasteiger partial charge >= 0.3 is 0 Å². The quantitative estimate of drug-likeness (QED) is 0.941. The molecule has 19 heavy (non-hydrogen) atoms. The van der Waals surface area contributed by atoms with Crippen LogP contribution < -0.4 is 14.8 Å². The van der Waals surface area contributed by atoms with Crippen LogP contribution in [0.15, 0.2) is 17.5 Å². The highest BCUT2D eigenvalue weighted by atomic mass is 35.5. The SMILES string of the molecule is Cc1csc(CNCc2cc(Cl)c3c(c2)OCO3)n1. The molecule has 0 spiro atoms. The van der Waals surface area contributed by atoms with Gasteiger partial charge in [0.05, 0.1) is 5.02 Å². The van der Waals surface area contributed by atoms with E-state index in [0.717, 1.165) is 35.1 Å². The maximum absolute atomic E-state index is 6.13. The molecule has 1 aliphatic heterocycles. The number of benzene rings is 1. The number of fused-ring (bicyclic) bond motifs is 1. The van der Waals surface area contributed by atoms with Gasteiger partial charge in [-0.25, -0.2) is 4.98 Å². The summed E-state index contributed by atoms with van der Waals surface area (Å²) in [5.41, 5.74) is 2.13. The largest absolute Gasteiger partial charge is 0.454 e. The second-order valence-electron chi connectivity index (χ2n) is 4.30. The van der Waals surface area contributed by atoms with Gasteiger partial charge < -0.3 is 14.8 Å². The number of nitrogens with one attached hydrogen (secondary N) is 1. The smallest absolute Gasteiger partial charge is 0.231 e. The van der Waals surface area contributed by atoms with E-state index in [-0.39, 0.29) is 6.79 Å². The molecule has 0 aliphatic carbocycles. The lowest BCUT2D eigenvalue weighted by Crippen LogP contribution is -2.12. The number of hydrogen-bond donors (Lipinski definition) is 1.